The maximum atomic E-state index is 6.32. The molecular weight excluding hydrogens is 455 g/mol. The molecule has 0 amide bonds. The Morgan fingerprint density at radius 3 is 2.03 bits per heavy atom. The molecule has 3 nitrogen and oxygen atoms in total. The van der Waals surface area contributed by atoms with Crippen molar-refractivity contribution >= 4 is 34.5 Å². The number of fused-ring (bicyclic) bond motifs is 6. The second-order valence-electron chi connectivity index (χ2n) is 12.1. The van der Waals surface area contributed by atoms with Crippen LogP contribution in [0.4, 0.5) is 0 Å². The number of rotatable bonds is 2. The molecule has 4 heteroatoms. The van der Waals surface area contributed by atoms with E-state index in [-0.39, 0.29) is 16.6 Å². The zero-order valence-corrected chi connectivity index (χ0v) is 22.3. The van der Waals surface area contributed by atoms with Gasteiger partial charge in [0, 0.05) is 16.2 Å². The van der Waals surface area contributed by atoms with E-state index in [1.807, 2.05) is 12.1 Å². The van der Waals surface area contributed by atoms with E-state index in [1.165, 1.54) is 27.8 Å². The zero-order chi connectivity index (χ0) is 25.7. The largest absolute Gasteiger partial charge is 0.494 e. The van der Waals surface area contributed by atoms with Gasteiger partial charge in [-0.1, -0.05) is 68.4 Å². The minimum atomic E-state index is -0.391. The summed E-state index contributed by atoms with van der Waals surface area (Å²) in [6, 6.07) is 28.4. The predicted molar refractivity (Wildman–Crippen MR) is 152 cm³/mol. The fourth-order valence-corrected chi connectivity index (χ4v) is 5.98. The molecule has 0 N–H and O–H groups in total. The van der Waals surface area contributed by atoms with Gasteiger partial charge in [-0.15, -0.1) is 0 Å². The van der Waals surface area contributed by atoms with Crippen molar-refractivity contribution in [3.8, 4) is 22.3 Å². The number of furan rings is 1. The average molecular weight is 486 g/mol. The Morgan fingerprint density at radius 1 is 0.568 bits per heavy atom. The fourth-order valence-electron chi connectivity index (χ4n) is 5.98. The van der Waals surface area contributed by atoms with E-state index < -0.39 is 7.12 Å². The first-order valence-corrected chi connectivity index (χ1v) is 13.1. The van der Waals surface area contributed by atoms with Crippen molar-refractivity contribution in [3.05, 3.63) is 90.0 Å². The predicted octanol–water partition coefficient (Wildman–Crippen LogP) is 7.86. The first-order chi connectivity index (χ1) is 17.5. The van der Waals surface area contributed by atoms with Crippen LogP contribution < -0.4 is 5.46 Å². The number of hydrogen-bond donors (Lipinski definition) is 0. The van der Waals surface area contributed by atoms with Crippen LogP contribution in [0.5, 0.6) is 0 Å². The summed E-state index contributed by atoms with van der Waals surface area (Å²) in [6.45, 7) is 13.0. The van der Waals surface area contributed by atoms with Gasteiger partial charge in [0.15, 0.2) is 0 Å². The Kier molecular flexibility index (Phi) is 4.55. The van der Waals surface area contributed by atoms with Gasteiger partial charge in [0.1, 0.15) is 11.2 Å². The standard InChI is InChI=1S/C33H31BO3/c1-31(2)27-10-8-7-9-23(27)24-14-11-20(17-28(24)31)21-12-15-25-26-19-22(13-16-29(26)35-30(25)18-21)34-36-32(3,4)33(5,6)37-34/h7-19H,1-6H3. The topological polar surface area (TPSA) is 31.6 Å². The molecule has 2 aliphatic rings. The van der Waals surface area contributed by atoms with Crippen molar-refractivity contribution in [3.63, 3.8) is 0 Å². The summed E-state index contributed by atoms with van der Waals surface area (Å²) in [6.07, 6.45) is 0. The van der Waals surface area contributed by atoms with Gasteiger partial charge in [-0.05, 0) is 90.8 Å². The molecule has 0 saturated carbocycles. The van der Waals surface area contributed by atoms with Crippen LogP contribution in [0.15, 0.2) is 83.3 Å². The summed E-state index contributed by atoms with van der Waals surface area (Å²) >= 11 is 0. The fraction of sp³-hybridized carbons (Fsp3) is 0.273. The Balaban J connectivity index is 1.28. The van der Waals surface area contributed by atoms with Crippen LogP contribution in [0.2, 0.25) is 0 Å². The van der Waals surface area contributed by atoms with Gasteiger partial charge in [0.2, 0.25) is 0 Å². The Morgan fingerprint density at radius 2 is 1.24 bits per heavy atom. The summed E-state index contributed by atoms with van der Waals surface area (Å²) in [7, 11) is -0.391. The van der Waals surface area contributed by atoms with Crippen LogP contribution in [-0.4, -0.2) is 18.3 Å². The van der Waals surface area contributed by atoms with Crippen LogP contribution in [0.25, 0.3) is 44.2 Å². The second-order valence-corrected chi connectivity index (χ2v) is 12.1. The van der Waals surface area contributed by atoms with Crippen LogP contribution >= 0.6 is 0 Å². The Bertz CT molecular complexity index is 1710. The van der Waals surface area contributed by atoms with Crippen molar-refractivity contribution in [2.24, 2.45) is 0 Å². The van der Waals surface area contributed by atoms with Gasteiger partial charge in [-0.3, -0.25) is 0 Å². The summed E-state index contributed by atoms with van der Waals surface area (Å²) in [4.78, 5) is 0. The van der Waals surface area contributed by atoms with Gasteiger partial charge >= 0.3 is 7.12 Å². The number of hydrogen-bond acceptors (Lipinski definition) is 3. The molecule has 1 fully saturated rings. The van der Waals surface area contributed by atoms with Crippen LogP contribution in [0.1, 0.15) is 52.7 Å². The van der Waals surface area contributed by atoms with Gasteiger partial charge < -0.3 is 13.7 Å². The lowest BCUT2D eigenvalue weighted by atomic mass is 9.78. The molecule has 0 atom stereocenters. The Labute approximate surface area is 218 Å². The lowest BCUT2D eigenvalue weighted by Crippen LogP contribution is -2.41. The Hall–Kier alpha value is -3.34. The normalized spacial score (nSPS) is 18.9. The lowest BCUT2D eigenvalue weighted by molar-refractivity contribution is 0.00578. The quantitative estimate of drug-likeness (QED) is 0.238. The van der Waals surface area contributed by atoms with Gasteiger partial charge in [-0.25, -0.2) is 0 Å². The van der Waals surface area contributed by atoms with E-state index in [0.29, 0.717) is 0 Å². The summed E-state index contributed by atoms with van der Waals surface area (Å²) in [5, 5.41) is 2.19. The smallest absolute Gasteiger partial charge is 0.456 e. The average Bonchev–Trinajstić information content (AvgIpc) is 3.43. The summed E-state index contributed by atoms with van der Waals surface area (Å²) in [5.74, 6) is 0. The third kappa shape index (κ3) is 3.22. The van der Waals surface area contributed by atoms with Crippen molar-refractivity contribution in [2.45, 2.75) is 58.2 Å². The summed E-state index contributed by atoms with van der Waals surface area (Å²) in [5.41, 5.74) is 9.84. The highest BCUT2D eigenvalue weighted by Gasteiger charge is 2.51. The molecule has 2 heterocycles. The van der Waals surface area contributed by atoms with E-state index in [4.69, 9.17) is 13.7 Å². The third-order valence-corrected chi connectivity index (χ3v) is 8.94. The van der Waals surface area contributed by atoms with Crippen molar-refractivity contribution in [1.82, 2.24) is 0 Å². The molecule has 1 aliphatic carbocycles. The SMILES string of the molecule is CC1(C)c2ccccc2-c2ccc(-c3ccc4c(c3)oc3ccc(B5OC(C)(C)C(C)(C)O5)cc34)cc21. The van der Waals surface area contributed by atoms with Crippen molar-refractivity contribution in [2.75, 3.05) is 0 Å². The zero-order valence-electron chi connectivity index (χ0n) is 22.3. The highest BCUT2D eigenvalue weighted by Crippen LogP contribution is 2.49. The van der Waals surface area contributed by atoms with E-state index in [0.717, 1.165) is 33.0 Å². The first kappa shape index (κ1) is 22.8. The van der Waals surface area contributed by atoms with E-state index in [9.17, 15) is 0 Å². The lowest BCUT2D eigenvalue weighted by Gasteiger charge is -2.32. The highest BCUT2D eigenvalue weighted by atomic mass is 16.7. The molecule has 0 radical (unpaired) electrons. The van der Waals surface area contributed by atoms with Crippen LogP contribution in [0, 0.1) is 0 Å². The third-order valence-electron chi connectivity index (χ3n) is 8.94. The maximum absolute atomic E-state index is 6.32. The molecule has 4 aromatic carbocycles. The molecule has 0 unspecified atom stereocenters. The highest BCUT2D eigenvalue weighted by molar-refractivity contribution is 6.62. The van der Waals surface area contributed by atoms with Crippen molar-refractivity contribution < 1.29 is 13.7 Å². The second kappa shape index (κ2) is 7.37. The molecule has 7 rings (SSSR count). The van der Waals surface area contributed by atoms with Crippen LogP contribution in [-0.2, 0) is 14.7 Å². The number of benzene rings is 4. The maximum Gasteiger partial charge on any atom is 0.494 e. The van der Waals surface area contributed by atoms with E-state index >= 15 is 0 Å². The van der Waals surface area contributed by atoms with E-state index in [2.05, 4.69) is 108 Å². The van der Waals surface area contributed by atoms with Crippen LogP contribution in [0.3, 0.4) is 0 Å². The molecule has 0 spiro atoms. The summed E-state index contributed by atoms with van der Waals surface area (Å²) < 4.78 is 18.9. The molecule has 1 aromatic heterocycles. The minimum absolute atomic E-state index is 0.0185. The molecule has 1 aliphatic heterocycles. The molecule has 184 valence electrons. The van der Waals surface area contributed by atoms with E-state index in [1.54, 1.807) is 0 Å². The van der Waals surface area contributed by atoms with Crippen molar-refractivity contribution in [1.29, 1.82) is 0 Å². The monoisotopic (exact) mass is 486 g/mol. The molecule has 37 heavy (non-hydrogen) atoms. The molecule has 0 bridgehead atoms. The molecule has 5 aromatic rings. The van der Waals surface area contributed by atoms with Gasteiger partial charge in [-0.2, -0.15) is 0 Å². The molecule has 1 saturated heterocycles. The van der Waals surface area contributed by atoms with Gasteiger partial charge in [0.25, 0.3) is 0 Å². The van der Waals surface area contributed by atoms with Gasteiger partial charge in [0.05, 0.1) is 11.2 Å². The minimum Gasteiger partial charge on any atom is -0.456 e. The first-order valence-electron chi connectivity index (χ1n) is 13.1. The molecular formula is C33H31BO3.